The first kappa shape index (κ1) is 15.2. The van der Waals surface area contributed by atoms with Crippen LogP contribution in [0.3, 0.4) is 0 Å². The van der Waals surface area contributed by atoms with Crippen LogP contribution >= 0.6 is 11.3 Å². The number of nitrogens with zero attached hydrogens (tertiary/aromatic N) is 2. The van der Waals surface area contributed by atoms with Gasteiger partial charge in [0, 0.05) is 0 Å². The van der Waals surface area contributed by atoms with Gasteiger partial charge in [-0.15, -0.1) is 10.2 Å². The van der Waals surface area contributed by atoms with Crippen LogP contribution in [0, 0.1) is 0 Å². The van der Waals surface area contributed by atoms with E-state index in [9.17, 15) is 4.79 Å². The zero-order valence-electron chi connectivity index (χ0n) is 12.1. The molecule has 2 rings (SSSR count). The van der Waals surface area contributed by atoms with Gasteiger partial charge in [0.25, 0.3) is 0 Å². The summed E-state index contributed by atoms with van der Waals surface area (Å²) in [5.74, 6) is 0.586. The predicted molar refractivity (Wildman–Crippen MR) is 78.0 cm³/mol. The van der Waals surface area contributed by atoms with Crippen molar-refractivity contribution in [2.75, 3.05) is 14.2 Å². The first-order valence-corrected chi connectivity index (χ1v) is 7.20. The summed E-state index contributed by atoms with van der Waals surface area (Å²) in [5, 5.41) is 9.81. The highest BCUT2D eigenvalue weighted by Gasteiger charge is 2.12. The van der Waals surface area contributed by atoms with E-state index < -0.39 is 5.97 Å². The van der Waals surface area contributed by atoms with Crippen LogP contribution in [-0.4, -0.2) is 30.4 Å². The fourth-order valence-corrected chi connectivity index (χ4v) is 2.36. The van der Waals surface area contributed by atoms with E-state index in [1.54, 1.807) is 25.3 Å². The van der Waals surface area contributed by atoms with E-state index in [4.69, 9.17) is 9.47 Å². The number of ether oxygens (including phenoxy) is 3. The third-order valence-electron chi connectivity index (χ3n) is 2.75. The minimum absolute atomic E-state index is 0.276. The van der Waals surface area contributed by atoms with E-state index in [1.807, 2.05) is 6.92 Å². The molecule has 0 N–H and O–H groups in total. The van der Waals surface area contributed by atoms with Crippen molar-refractivity contribution in [3.8, 4) is 11.5 Å². The average Bonchev–Trinajstić information content (AvgIpc) is 2.99. The lowest BCUT2D eigenvalue weighted by molar-refractivity contribution is 0.0600. The molecule has 0 saturated heterocycles. The lowest BCUT2D eigenvalue weighted by Crippen LogP contribution is -2.03. The lowest BCUT2D eigenvalue weighted by Gasteiger charge is -2.10. The normalized spacial score (nSPS) is 10.2. The average molecular weight is 308 g/mol. The fraction of sp³-hybridized carbons (Fsp3) is 0.357. The summed E-state index contributed by atoms with van der Waals surface area (Å²) in [6.07, 6.45) is 0.846. The van der Waals surface area contributed by atoms with Gasteiger partial charge in [0.15, 0.2) is 16.5 Å². The molecule has 7 heteroatoms. The molecule has 0 saturated carbocycles. The Morgan fingerprint density at radius 3 is 2.57 bits per heavy atom. The SMILES string of the molecule is CCc1nnc(COc2cc(C(=O)OC)ccc2OC)s1. The summed E-state index contributed by atoms with van der Waals surface area (Å²) in [4.78, 5) is 11.5. The molecule has 0 aliphatic heterocycles. The molecular weight excluding hydrogens is 292 g/mol. The van der Waals surface area contributed by atoms with Crippen LogP contribution in [0.5, 0.6) is 11.5 Å². The van der Waals surface area contributed by atoms with Gasteiger partial charge in [-0.25, -0.2) is 4.79 Å². The van der Waals surface area contributed by atoms with Gasteiger partial charge in [-0.3, -0.25) is 0 Å². The number of hydrogen-bond acceptors (Lipinski definition) is 7. The van der Waals surface area contributed by atoms with Crippen molar-refractivity contribution in [3.05, 3.63) is 33.8 Å². The molecule has 0 amide bonds. The third kappa shape index (κ3) is 3.69. The van der Waals surface area contributed by atoms with Crippen molar-refractivity contribution in [2.24, 2.45) is 0 Å². The quantitative estimate of drug-likeness (QED) is 0.764. The molecular formula is C14H16N2O4S. The number of aromatic nitrogens is 2. The highest BCUT2D eigenvalue weighted by Crippen LogP contribution is 2.29. The molecule has 0 radical (unpaired) electrons. The Morgan fingerprint density at radius 1 is 1.19 bits per heavy atom. The molecule has 0 spiro atoms. The number of carbonyl (C=O) groups is 1. The monoisotopic (exact) mass is 308 g/mol. The zero-order chi connectivity index (χ0) is 15.2. The Bertz CT molecular complexity index is 627. The zero-order valence-corrected chi connectivity index (χ0v) is 12.9. The van der Waals surface area contributed by atoms with E-state index in [0.717, 1.165) is 16.4 Å². The van der Waals surface area contributed by atoms with Crippen LogP contribution in [-0.2, 0) is 17.8 Å². The van der Waals surface area contributed by atoms with Gasteiger partial charge in [0.05, 0.1) is 19.8 Å². The van der Waals surface area contributed by atoms with Gasteiger partial charge in [0.2, 0.25) is 0 Å². The van der Waals surface area contributed by atoms with Crippen LogP contribution in [0.1, 0.15) is 27.3 Å². The molecule has 0 fully saturated rings. The minimum atomic E-state index is -0.424. The summed E-state index contributed by atoms with van der Waals surface area (Å²) in [7, 11) is 2.88. The maximum absolute atomic E-state index is 11.5. The van der Waals surface area contributed by atoms with Crippen molar-refractivity contribution in [1.29, 1.82) is 0 Å². The van der Waals surface area contributed by atoms with E-state index in [-0.39, 0.29) is 6.61 Å². The lowest BCUT2D eigenvalue weighted by atomic mass is 10.2. The van der Waals surface area contributed by atoms with Crippen molar-refractivity contribution in [2.45, 2.75) is 20.0 Å². The molecule has 0 aliphatic carbocycles. The molecule has 112 valence electrons. The maximum Gasteiger partial charge on any atom is 0.337 e. The molecule has 1 aromatic carbocycles. The van der Waals surface area contributed by atoms with E-state index in [0.29, 0.717) is 17.1 Å². The molecule has 0 bridgehead atoms. The van der Waals surface area contributed by atoms with Crippen LogP contribution in [0.2, 0.25) is 0 Å². The molecule has 1 aromatic heterocycles. The fourth-order valence-electron chi connectivity index (χ4n) is 1.66. The number of esters is 1. The third-order valence-corrected chi connectivity index (χ3v) is 3.79. The Morgan fingerprint density at radius 2 is 1.95 bits per heavy atom. The second kappa shape index (κ2) is 7.03. The maximum atomic E-state index is 11.5. The van der Waals surface area contributed by atoms with Crippen LogP contribution < -0.4 is 9.47 Å². The van der Waals surface area contributed by atoms with E-state index in [1.165, 1.54) is 18.4 Å². The summed E-state index contributed by atoms with van der Waals surface area (Å²) >= 11 is 1.50. The number of methoxy groups -OCH3 is 2. The largest absolute Gasteiger partial charge is 0.493 e. The van der Waals surface area contributed by atoms with Crippen molar-refractivity contribution >= 4 is 17.3 Å². The number of aryl methyl sites for hydroxylation is 1. The Kier molecular flexibility index (Phi) is 5.10. The van der Waals surface area contributed by atoms with Gasteiger partial charge in [-0.1, -0.05) is 18.3 Å². The number of rotatable bonds is 6. The second-order valence-electron chi connectivity index (χ2n) is 4.09. The van der Waals surface area contributed by atoms with Gasteiger partial charge in [-0.2, -0.15) is 0 Å². The van der Waals surface area contributed by atoms with E-state index in [2.05, 4.69) is 14.9 Å². The topological polar surface area (TPSA) is 70.5 Å². The van der Waals surface area contributed by atoms with Crippen molar-refractivity contribution in [1.82, 2.24) is 10.2 Å². The summed E-state index contributed by atoms with van der Waals surface area (Å²) in [6, 6.07) is 4.88. The van der Waals surface area contributed by atoms with Crippen molar-refractivity contribution in [3.63, 3.8) is 0 Å². The molecule has 1 heterocycles. The molecule has 2 aromatic rings. The Labute approximate surface area is 126 Å². The van der Waals surface area contributed by atoms with Crippen LogP contribution in [0.15, 0.2) is 18.2 Å². The molecule has 0 unspecified atom stereocenters. The highest BCUT2D eigenvalue weighted by atomic mass is 32.1. The molecule has 6 nitrogen and oxygen atoms in total. The van der Waals surface area contributed by atoms with Crippen LogP contribution in [0.25, 0.3) is 0 Å². The van der Waals surface area contributed by atoms with Gasteiger partial charge in [-0.05, 0) is 24.6 Å². The van der Waals surface area contributed by atoms with Crippen LogP contribution in [0.4, 0.5) is 0 Å². The molecule has 0 aliphatic rings. The summed E-state index contributed by atoms with van der Waals surface area (Å²) < 4.78 is 15.6. The first-order valence-electron chi connectivity index (χ1n) is 6.38. The smallest absolute Gasteiger partial charge is 0.337 e. The second-order valence-corrected chi connectivity index (χ2v) is 5.24. The molecule has 0 atom stereocenters. The number of hydrogen-bond donors (Lipinski definition) is 0. The predicted octanol–water partition coefficient (Wildman–Crippen LogP) is 2.47. The number of carbonyl (C=O) groups excluding carboxylic acids is 1. The Hall–Kier alpha value is -2.15. The van der Waals surface area contributed by atoms with Gasteiger partial charge < -0.3 is 14.2 Å². The summed E-state index contributed by atoms with van der Waals surface area (Å²) in [5.41, 5.74) is 0.403. The standard InChI is InChI=1S/C14H16N2O4S/c1-4-12-15-16-13(21-12)8-20-11-7-9(14(17)19-3)5-6-10(11)18-2/h5-7H,4,8H2,1-3H3. The summed E-state index contributed by atoms with van der Waals surface area (Å²) in [6.45, 7) is 2.30. The van der Waals surface area contributed by atoms with E-state index >= 15 is 0 Å². The first-order chi connectivity index (χ1) is 10.2. The van der Waals surface area contributed by atoms with Crippen molar-refractivity contribution < 1.29 is 19.0 Å². The molecule has 21 heavy (non-hydrogen) atoms. The highest BCUT2D eigenvalue weighted by molar-refractivity contribution is 7.11. The Balaban J connectivity index is 2.15. The number of benzene rings is 1. The van der Waals surface area contributed by atoms with Gasteiger partial charge >= 0.3 is 5.97 Å². The van der Waals surface area contributed by atoms with Gasteiger partial charge in [0.1, 0.15) is 11.6 Å². The minimum Gasteiger partial charge on any atom is -0.493 e.